The van der Waals surface area contributed by atoms with Gasteiger partial charge in [0.2, 0.25) is 5.91 Å². The predicted octanol–water partition coefficient (Wildman–Crippen LogP) is 3.11. The van der Waals surface area contributed by atoms with Gasteiger partial charge in [-0.3, -0.25) is 14.6 Å². The van der Waals surface area contributed by atoms with Crippen LogP contribution in [-0.4, -0.2) is 37.9 Å². The van der Waals surface area contributed by atoms with Crippen molar-refractivity contribution in [2.45, 2.75) is 13.0 Å². The molecule has 3 heterocycles. The number of nitrogens with one attached hydrogen (secondary N) is 1. The Morgan fingerprint density at radius 3 is 2.72 bits per heavy atom. The average molecular weight is 436 g/mol. The molecule has 1 aromatic carbocycles. The summed E-state index contributed by atoms with van der Waals surface area (Å²) < 4.78 is 28.6. The van der Waals surface area contributed by atoms with Gasteiger partial charge in [-0.1, -0.05) is 6.07 Å². The lowest BCUT2D eigenvalue weighted by Gasteiger charge is -2.07. The molecule has 3 aromatic heterocycles. The van der Waals surface area contributed by atoms with Crippen molar-refractivity contribution >= 4 is 28.4 Å². The minimum atomic E-state index is -0.815. The first-order valence-corrected chi connectivity index (χ1v) is 9.74. The van der Waals surface area contributed by atoms with Crippen molar-refractivity contribution in [2.75, 3.05) is 11.9 Å². The van der Waals surface area contributed by atoms with E-state index >= 15 is 0 Å². The van der Waals surface area contributed by atoms with E-state index in [-0.39, 0.29) is 35.8 Å². The number of carbonyl (C=O) groups excluding carboxylic acids is 2. The van der Waals surface area contributed by atoms with E-state index in [2.05, 4.69) is 15.3 Å². The SMILES string of the molecule is O=C(Cc1ccc(F)cc1F)Nc1cc(C(=O)c2cn(CCO)c3ccncc23)ccn1. The number of hydrogen-bond acceptors (Lipinski definition) is 5. The number of aliphatic hydroxyl groups is 1. The van der Waals surface area contributed by atoms with Crippen LogP contribution in [0.2, 0.25) is 0 Å². The number of rotatable bonds is 7. The maximum absolute atomic E-state index is 13.8. The van der Waals surface area contributed by atoms with Gasteiger partial charge in [-0.05, 0) is 29.8 Å². The molecular formula is C23H18F2N4O3. The Balaban J connectivity index is 1.56. The minimum Gasteiger partial charge on any atom is -0.395 e. The first-order chi connectivity index (χ1) is 15.5. The standard InChI is InChI=1S/C23H18F2N4O3/c24-16-2-1-14(19(25)11-16)10-22(31)28-21-9-15(3-6-27-21)23(32)18-13-29(7-8-30)20-4-5-26-12-17(18)20/h1-6,9,11-13,30H,7-8,10H2,(H,27,28,31). The second-order valence-corrected chi connectivity index (χ2v) is 7.07. The molecule has 0 bridgehead atoms. The van der Waals surface area contributed by atoms with E-state index in [1.807, 2.05) is 0 Å². The first-order valence-electron chi connectivity index (χ1n) is 9.74. The van der Waals surface area contributed by atoms with E-state index < -0.39 is 17.5 Å². The maximum atomic E-state index is 13.8. The number of fused-ring (bicyclic) bond motifs is 1. The van der Waals surface area contributed by atoms with Crippen LogP contribution in [0.3, 0.4) is 0 Å². The molecule has 0 saturated carbocycles. The molecule has 1 amide bonds. The van der Waals surface area contributed by atoms with Gasteiger partial charge < -0.3 is 15.0 Å². The average Bonchev–Trinajstić information content (AvgIpc) is 3.14. The van der Waals surface area contributed by atoms with Gasteiger partial charge in [-0.2, -0.15) is 0 Å². The minimum absolute atomic E-state index is 0.0420. The molecule has 0 aliphatic carbocycles. The summed E-state index contributed by atoms with van der Waals surface area (Å²) in [6.45, 7) is 0.241. The van der Waals surface area contributed by atoms with Crippen molar-refractivity contribution in [2.24, 2.45) is 0 Å². The van der Waals surface area contributed by atoms with Crippen LogP contribution in [0.5, 0.6) is 0 Å². The number of aromatic nitrogens is 3. The smallest absolute Gasteiger partial charge is 0.230 e. The monoisotopic (exact) mass is 436 g/mol. The molecule has 0 saturated heterocycles. The summed E-state index contributed by atoms with van der Waals surface area (Å²) in [6.07, 6.45) is 5.91. The van der Waals surface area contributed by atoms with Crippen LogP contribution in [-0.2, 0) is 17.8 Å². The van der Waals surface area contributed by atoms with Gasteiger partial charge in [0, 0.05) is 53.9 Å². The van der Waals surface area contributed by atoms with Crippen LogP contribution in [0, 0.1) is 11.6 Å². The molecule has 4 aromatic rings. The van der Waals surface area contributed by atoms with Crippen LogP contribution >= 0.6 is 0 Å². The van der Waals surface area contributed by atoms with Gasteiger partial charge >= 0.3 is 0 Å². The van der Waals surface area contributed by atoms with Gasteiger partial charge in [-0.15, -0.1) is 0 Å². The molecule has 0 spiro atoms. The van der Waals surface area contributed by atoms with Crippen molar-refractivity contribution in [3.05, 3.63) is 89.5 Å². The van der Waals surface area contributed by atoms with Crippen molar-refractivity contribution < 1.29 is 23.5 Å². The second-order valence-electron chi connectivity index (χ2n) is 7.07. The van der Waals surface area contributed by atoms with Crippen LogP contribution in [0.25, 0.3) is 10.9 Å². The third-order valence-electron chi connectivity index (χ3n) is 4.92. The van der Waals surface area contributed by atoms with Crippen molar-refractivity contribution in [3.8, 4) is 0 Å². The van der Waals surface area contributed by atoms with E-state index in [9.17, 15) is 23.5 Å². The molecule has 32 heavy (non-hydrogen) atoms. The second kappa shape index (κ2) is 9.03. The van der Waals surface area contributed by atoms with Crippen LogP contribution in [0.1, 0.15) is 21.5 Å². The fourth-order valence-corrected chi connectivity index (χ4v) is 3.43. The summed E-state index contributed by atoms with van der Waals surface area (Å²) in [5.74, 6) is -2.28. The number of pyridine rings is 2. The number of amides is 1. The highest BCUT2D eigenvalue weighted by atomic mass is 19.1. The summed E-state index contributed by atoms with van der Waals surface area (Å²) in [5.41, 5.74) is 1.50. The number of hydrogen-bond donors (Lipinski definition) is 2. The molecule has 0 fully saturated rings. The summed E-state index contributed by atoms with van der Waals surface area (Å²) in [4.78, 5) is 33.6. The fraction of sp³-hybridized carbons (Fsp3) is 0.130. The van der Waals surface area contributed by atoms with Crippen molar-refractivity contribution in [3.63, 3.8) is 0 Å². The van der Waals surface area contributed by atoms with Gasteiger partial charge in [0.05, 0.1) is 18.5 Å². The Kier molecular flexibility index (Phi) is 6.00. The summed E-state index contributed by atoms with van der Waals surface area (Å²) in [6, 6.07) is 7.69. The molecule has 0 unspecified atom stereocenters. The highest BCUT2D eigenvalue weighted by Crippen LogP contribution is 2.24. The first kappa shape index (κ1) is 21.3. The maximum Gasteiger partial charge on any atom is 0.230 e. The number of aliphatic hydroxyl groups excluding tert-OH is 1. The Hall–Kier alpha value is -3.98. The number of halogens is 2. The van der Waals surface area contributed by atoms with Gasteiger partial charge in [-0.25, -0.2) is 13.8 Å². The molecule has 162 valence electrons. The highest BCUT2D eigenvalue weighted by molar-refractivity contribution is 6.16. The molecule has 0 aliphatic rings. The van der Waals surface area contributed by atoms with Gasteiger partial charge in [0.1, 0.15) is 17.5 Å². The summed E-state index contributed by atoms with van der Waals surface area (Å²) in [7, 11) is 0. The normalized spacial score (nSPS) is 11.0. The molecule has 9 heteroatoms. The topological polar surface area (TPSA) is 97.1 Å². The van der Waals surface area contributed by atoms with E-state index in [0.29, 0.717) is 23.6 Å². The Bertz CT molecular complexity index is 1320. The third kappa shape index (κ3) is 4.37. The molecule has 7 nitrogen and oxygen atoms in total. The van der Waals surface area contributed by atoms with E-state index in [4.69, 9.17) is 0 Å². The Labute approximate surface area is 181 Å². The van der Waals surface area contributed by atoms with E-state index in [1.54, 1.807) is 29.2 Å². The van der Waals surface area contributed by atoms with Crippen LogP contribution in [0.15, 0.2) is 61.2 Å². The Morgan fingerprint density at radius 2 is 1.94 bits per heavy atom. The fourth-order valence-electron chi connectivity index (χ4n) is 3.43. The van der Waals surface area contributed by atoms with Crippen LogP contribution < -0.4 is 5.32 Å². The van der Waals surface area contributed by atoms with Crippen molar-refractivity contribution in [1.29, 1.82) is 0 Å². The molecule has 4 rings (SSSR count). The summed E-state index contributed by atoms with van der Waals surface area (Å²) in [5, 5.41) is 12.5. The van der Waals surface area contributed by atoms with E-state index in [1.165, 1.54) is 24.4 Å². The highest BCUT2D eigenvalue weighted by Gasteiger charge is 2.18. The predicted molar refractivity (Wildman–Crippen MR) is 113 cm³/mol. The number of benzene rings is 1. The zero-order valence-corrected chi connectivity index (χ0v) is 16.8. The molecule has 0 aliphatic heterocycles. The largest absolute Gasteiger partial charge is 0.395 e. The lowest BCUT2D eigenvalue weighted by Crippen LogP contribution is -2.16. The molecular weight excluding hydrogens is 418 g/mol. The molecule has 2 N–H and O–H groups in total. The van der Waals surface area contributed by atoms with E-state index in [0.717, 1.165) is 11.6 Å². The lowest BCUT2D eigenvalue weighted by molar-refractivity contribution is -0.115. The molecule has 0 radical (unpaired) electrons. The van der Waals surface area contributed by atoms with Crippen LogP contribution in [0.4, 0.5) is 14.6 Å². The number of ketones is 1. The number of anilines is 1. The van der Waals surface area contributed by atoms with Gasteiger partial charge in [0.15, 0.2) is 5.78 Å². The number of nitrogens with zero attached hydrogens (tertiary/aromatic N) is 3. The Morgan fingerprint density at radius 1 is 1.09 bits per heavy atom. The van der Waals surface area contributed by atoms with Gasteiger partial charge in [0.25, 0.3) is 0 Å². The third-order valence-corrected chi connectivity index (χ3v) is 4.92. The zero-order valence-electron chi connectivity index (χ0n) is 16.8. The quantitative estimate of drug-likeness (QED) is 0.434. The van der Waals surface area contributed by atoms with Crippen molar-refractivity contribution in [1.82, 2.24) is 14.5 Å². The lowest BCUT2D eigenvalue weighted by atomic mass is 10.0. The number of carbonyl (C=O) groups is 2. The summed E-state index contributed by atoms with van der Waals surface area (Å²) >= 11 is 0. The zero-order chi connectivity index (χ0) is 22.7. The molecule has 0 atom stereocenters.